The molecule has 0 saturated heterocycles. The van der Waals surface area contributed by atoms with Crippen molar-refractivity contribution in [3.63, 3.8) is 0 Å². The van der Waals surface area contributed by atoms with Crippen molar-refractivity contribution in [1.82, 2.24) is 46.7 Å². The Bertz CT molecular complexity index is 2300. The van der Waals surface area contributed by atoms with E-state index in [0.717, 1.165) is 10.5 Å². The molecule has 22 nitrogen and oxygen atoms in total. The van der Waals surface area contributed by atoms with Crippen molar-refractivity contribution in [1.29, 1.82) is 5.41 Å². The van der Waals surface area contributed by atoms with Gasteiger partial charge in [-0.3, -0.25) is 48.7 Å². The fraction of sp³-hybridized carbons (Fsp3) is 0.490. The Hall–Kier alpha value is -7.62. The van der Waals surface area contributed by atoms with E-state index in [0.29, 0.717) is 24.1 Å². The van der Waals surface area contributed by atoms with E-state index < -0.39 is 96.1 Å². The summed E-state index contributed by atoms with van der Waals surface area (Å²) in [4.78, 5) is 116. The number of benzene rings is 2. The maximum atomic E-state index is 14.6. The highest BCUT2D eigenvalue weighted by atomic mass is 16.3. The maximum absolute atomic E-state index is 14.6. The minimum absolute atomic E-state index is 0.0576. The number of guanidine groups is 1. The molecule has 1 aromatic heterocycles. The fourth-order valence-electron chi connectivity index (χ4n) is 7.74. The van der Waals surface area contributed by atoms with Crippen molar-refractivity contribution in [3.8, 4) is 5.75 Å². The number of aromatic nitrogens is 1. The largest absolute Gasteiger partial charge is 0.508 e. The Morgan fingerprint density at radius 2 is 1.21 bits per heavy atom. The third-order valence-corrected chi connectivity index (χ3v) is 12.0. The molecule has 8 amide bonds. The monoisotopic (exact) mass is 1010 g/mol. The summed E-state index contributed by atoms with van der Waals surface area (Å²) in [6.45, 7) is 6.82. The zero-order valence-corrected chi connectivity index (χ0v) is 42.7. The van der Waals surface area contributed by atoms with Crippen molar-refractivity contribution in [2.45, 2.75) is 128 Å². The fourth-order valence-corrected chi connectivity index (χ4v) is 7.74. The predicted molar refractivity (Wildman–Crippen MR) is 275 cm³/mol. The lowest BCUT2D eigenvalue weighted by atomic mass is 9.98. The average Bonchev–Trinajstić information content (AvgIpc) is 3.36. The Labute approximate surface area is 427 Å². The number of carbonyl (C=O) groups excluding carboxylic acids is 8. The molecule has 2 aromatic carbocycles. The molecule has 22 heteroatoms. The molecule has 0 saturated carbocycles. The smallest absolute Gasteiger partial charge is 0.245 e. The number of aromatic hydroxyl groups is 1. The Morgan fingerprint density at radius 3 is 1.81 bits per heavy atom. The van der Waals surface area contributed by atoms with E-state index in [4.69, 9.17) is 22.6 Å². The Kier molecular flexibility index (Phi) is 24.8. The summed E-state index contributed by atoms with van der Waals surface area (Å²) in [7, 11) is 2.83. The minimum atomic E-state index is -1.31. The van der Waals surface area contributed by atoms with Crippen LogP contribution in [-0.4, -0.2) is 143 Å². The number of phenolic OH excluding ortho intramolecular Hbond substituents is 1. The molecule has 0 fully saturated rings. The molecule has 0 bridgehead atoms. The highest BCUT2D eigenvalue weighted by Crippen LogP contribution is 2.17. The molecule has 73 heavy (non-hydrogen) atoms. The van der Waals surface area contributed by atoms with Gasteiger partial charge >= 0.3 is 0 Å². The van der Waals surface area contributed by atoms with Crippen molar-refractivity contribution in [2.75, 3.05) is 27.2 Å². The molecule has 0 unspecified atom stereocenters. The summed E-state index contributed by atoms with van der Waals surface area (Å²) in [5.74, 6) is -5.81. The number of pyridine rings is 1. The molecule has 0 aliphatic carbocycles. The van der Waals surface area contributed by atoms with Crippen LogP contribution in [0.15, 0.2) is 79.0 Å². The SMILES string of the molecule is CCCC[C@H](NC(=O)[C@H](CC(C)C)N(C)C(=O)[C@H](Cc1ccccc1)NC(=O)[C@@H](N)Cc1ccc(O)cc1)C(=O)N[C@@H](Cc1ccccn1)C(=O)N(C)[C@@H](C)C(=O)N[C@@H](CCCNC(=N)N)C(=O)NCC(N)=O. The second kappa shape index (κ2) is 30.3. The topological polar surface area (TPSA) is 350 Å². The lowest BCUT2D eigenvalue weighted by Crippen LogP contribution is -2.60. The summed E-state index contributed by atoms with van der Waals surface area (Å²) >= 11 is 0. The lowest BCUT2D eigenvalue weighted by molar-refractivity contribution is -0.144. The van der Waals surface area contributed by atoms with Crippen molar-refractivity contribution in [2.24, 2.45) is 23.1 Å². The lowest BCUT2D eigenvalue weighted by Gasteiger charge is -2.33. The van der Waals surface area contributed by atoms with Crippen LogP contribution in [0.1, 0.15) is 83.0 Å². The molecule has 0 aliphatic heterocycles. The van der Waals surface area contributed by atoms with Crippen LogP contribution in [0, 0.1) is 11.3 Å². The van der Waals surface area contributed by atoms with Crippen LogP contribution in [-0.2, 0) is 57.6 Å². The van der Waals surface area contributed by atoms with E-state index in [2.05, 4.69) is 36.9 Å². The van der Waals surface area contributed by atoms with Gasteiger partial charge in [0, 0.05) is 45.4 Å². The van der Waals surface area contributed by atoms with E-state index in [1.165, 1.54) is 44.2 Å². The molecule has 0 aliphatic rings. The van der Waals surface area contributed by atoms with Gasteiger partial charge in [-0.1, -0.05) is 82.1 Å². The third kappa shape index (κ3) is 20.6. The standard InChI is InChI=1S/C51H75N13O9/c1-7-8-18-39(60-48(71)42(26-31(2)3)64(6)50(73)40(28-33-15-10-9-11-16-33)61-45(68)37(52)27-34-20-22-36(65)23-21-34)47(70)62-41(29-35-17-12-13-24-56-35)49(72)63(5)32(4)44(67)59-38(19-14-25-57-51(54)55)46(69)58-30-43(53)66/h9-13,15-17,20-24,31-32,37-42,65H,7-8,14,18-19,25-30,52H2,1-6H3,(H2,53,66)(H,58,69)(H,59,67)(H,60,71)(H,61,68)(H,62,70)(H4,54,55,57)/t32-,37-,38-,39-,40-,41-,42-/m0/s1. The van der Waals surface area contributed by atoms with E-state index >= 15 is 0 Å². The highest BCUT2D eigenvalue weighted by Gasteiger charge is 2.37. The van der Waals surface area contributed by atoms with Crippen LogP contribution in [0.4, 0.5) is 0 Å². The minimum Gasteiger partial charge on any atom is -0.508 e. The first-order valence-electron chi connectivity index (χ1n) is 24.5. The van der Waals surface area contributed by atoms with Gasteiger partial charge in [0.2, 0.25) is 47.3 Å². The number of hydrogen-bond acceptors (Lipinski definition) is 12. The number of hydrogen-bond donors (Lipinski definition) is 11. The number of nitrogens with two attached hydrogens (primary N) is 3. The van der Waals surface area contributed by atoms with Gasteiger partial charge in [0.05, 0.1) is 12.6 Å². The first-order chi connectivity index (χ1) is 34.6. The molecule has 398 valence electrons. The Morgan fingerprint density at radius 1 is 0.644 bits per heavy atom. The second-order valence-corrected chi connectivity index (χ2v) is 18.5. The molecule has 0 radical (unpaired) electrons. The quantitative estimate of drug-likeness (QED) is 0.0236. The van der Waals surface area contributed by atoms with Crippen LogP contribution in [0.25, 0.3) is 0 Å². The van der Waals surface area contributed by atoms with Crippen molar-refractivity contribution >= 4 is 53.2 Å². The van der Waals surface area contributed by atoms with Crippen LogP contribution in [0.3, 0.4) is 0 Å². The number of unbranched alkanes of at least 4 members (excludes halogenated alkanes) is 1. The zero-order chi connectivity index (χ0) is 54.2. The molecule has 3 aromatic rings. The number of primary amides is 1. The number of likely N-dealkylation sites (N-methyl/N-ethyl adjacent to an activating group) is 2. The maximum Gasteiger partial charge on any atom is 0.245 e. The first-order valence-corrected chi connectivity index (χ1v) is 24.5. The number of nitrogens with zero attached hydrogens (tertiary/aromatic N) is 3. The van der Waals surface area contributed by atoms with Crippen molar-refractivity contribution < 1.29 is 43.5 Å². The van der Waals surface area contributed by atoms with E-state index in [1.807, 2.05) is 39.0 Å². The van der Waals surface area contributed by atoms with E-state index in [9.17, 15) is 43.5 Å². The molecule has 7 atom stereocenters. The Balaban J connectivity index is 1.89. The molecular weight excluding hydrogens is 939 g/mol. The van der Waals surface area contributed by atoms with Gasteiger partial charge in [0.15, 0.2) is 5.96 Å². The van der Waals surface area contributed by atoms with Gasteiger partial charge in [0.25, 0.3) is 0 Å². The molecule has 3 rings (SSSR count). The normalized spacial score (nSPS) is 13.9. The highest BCUT2D eigenvalue weighted by molar-refractivity contribution is 5.97. The number of amides is 8. The van der Waals surface area contributed by atoms with Gasteiger partial charge < -0.3 is 64.0 Å². The average molecular weight is 1010 g/mol. The number of rotatable bonds is 30. The zero-order valence-electron chi connectivity index (χ0n) is 42.7. The molecular formula is C51H75N13O9. The van der Waals surface area contributed by atoms with Gasteiger partial charge in [-0.2, -0.15) is 0 Å². The number of carbonyl (C=O) groups is 8. The third-order valence-electron chi connectivity index (χ3n) is 12.0. The summed E-state index contributed by atoms with van der Waals surface area (Å²) < 4.78 is 0. The second-order valence-electron chi connectivity index (χ2n) is 18.5. The van der Waals surface area contributed by atoms with Gasteiger partial charge in [-0.05, 0) is 80.3 Å². The summed E-state index contributed by atoms with van der Waals surface area (Å²) in [5, 5.41) is 33.2. The van der Waals surface area contributed by atoms with Gasteiger partial charge in [0.1, 0.15) is 42.0 Å². The molecule has 0 spiro atoms. The number of phenols is 1. The van der Waals surface area contributed by atoms with Gasteiger partial charge in [-0.15, -0.1) is 0 Å². The van der Waals surface area contributed by atoms with Crippen LogP contribution >= 0.6 is 0 Å². The van der Waals surface area contributed by atoms with E-state index in [-0.39, 0.29) is 69.1 Å². The summed E-state index contributed by atoms with van der Waals surface area (Å²) in [6.07, 6.45) is 3.42. The number of nitrogens with one attached hydrogen (secondary N) is 7. The summed E-state index contributed by atoms with van der Waals surface area (Å²) in [6, 6.07) is 12.2. The molecule has 14 N–H and O–H groups in total. The van der Waals surface area contributed by atoms with Crippen LogP contribution in [0.2, 0.25) is 0 Å². The van der Waals surface area contributed by atoms with Crippen LogP contribution in [0.5, 0.6) is 5.75 Å². The van der Waals surface area contributed by atoms with E-state index in [1.54, 1.807) is 42.5 Å². The van der Waals surface area contributed by atoms with Gasteiger partial charge in [-0.25, -0.2) is 0 Å². The summed E-state index contributed by atoms with van der Waals surface area (Å²) in [5.41, 5.74) is 18.8. The predicted octanol–water partition coefficient (Wildman–Crippen LogP) is -0.143. The first kappa shape index (κ1) is 59.7. The van der Waals surface area contributed by atoms with Crippen LogP contribution < -0.4 is 49.1 Å². The van der Waals surface area contributed by atoms with Crippen molar-refractivity contribution in [3.05, 3.63) is 95.8 Å². The molecule has 1 heterocycles.